The molecular weight excluding hydrogens is 419 g/mol. The molecule has 3 aromatic rings. The predicted octanol–water partition coefficient (Wildman–Crippen LogP) is 2.96. The zero-order chi connectivity index (χ0) is 20.9. The second-order valence-corrected chi connectivity index (χ2v) is 8.27. The number of aromatic nitrogens is 3. The zero-order valence-corrected chi connectivity index (χ0v) is 16.6. The fourth-order valence-electron chi connectivity index (χ4n) is 2.41. The van der Waals surface area contributed by atoms with Crippen molar-refractivity contribution in [2.75, 3.05) is 0 Å². The Labute approximate surface area is 172 Å². The van der Waals surface area contributed by atoms with E-state index in [1.54, 1.807) is 18.5 Å². The number of carbonyl (C=O) groups excluding carboxylic acids is 1. The first-order valence-electron chi connectivity index (χ1n) is 8.53. The third kappa shape index (κ3) is 5.63. The topological polar surface area (TPSA) is 102 Å². The van der Waals surface area contributed by atoms with E-state index in [9.17, 15) is 17.6 Å². The number of halogens is 2. The van der Waals surface area contributed by atoms with Crippen LogP contribution in [0.15, 0.2) is 60.0 Å². The van der Waals surface area contributed by atoms with Crippen LogP contribution in [0.1, 0.15) is 28.2 Å². The molecule has 10 heteroatoms. The predicted molar refractivity (Wildman–Crippen MR) is 104 cm³/mol. The number of Topliss-reactive ketones (excluding diaryl/α,β-unsaturated/α-hetero) is 1. The van der Waals surface area contributed by atoms with Crippen molar-refractivity contribution in [1.82, 2.24) is 19.7 Å². The number of carbonyl (C=O) groups is 1. The summed E-state index contributed by atoms with van der Waals surface area (Å²) in [5.41, 5.74) is 1.40. The van der Waals surface area contributed by atoms with Crippen molar-refractivity contribution < 1.29 is 17.6 Å². The van der Waals surface area contributed by atoms with E-state index in [1.165, 1.54) is 12.4 Å². The number of ketones is 1. The van der Waals surface area contributed by atoms with Crippen molar-refractivity contribution in [2.45, 2.75) is 24.3 Å². The summed E-state index contributed by atoms with van der Waals surface area (Å²) in [7, 11) is -3.89. The van der Waals surface area contributed by atoms with Crippen molar-refractivity contribution in [3.05, 3.63) is 82.9 Å². The number of benzene rings is 1. The van der Waals surface area contributed by atoms with Gasteiger partial charge in [-0.25, -0.2) is 27.5 Å². The van der Waals surface area contributed by atoms with Crippen LogP contribution in [-0.2, 0) is 23.0 Å². The van der Waals surface area contributed by atoms with Crippen molar-refractivity contribution in [2.24, 2.45) is 0 Å². The number of aryl methyl sites for hydroxylation is 1. The van der Waals surface area contributed by atoms with Gasteiger partial charge in [0.1, 0.15) is 5.82 Å². The van der Waals surface area contributed by atoms with Crippen LogP contribution in [0.5, 0.6) is 0 Å². The lowest BCUT2D eigenvalue weighted by Crippen LogP contribution is -2.23. The number of nitrogens with zero attached hydrogens (tertiary/aromatic N) is 3. The summed E-state index contributed by atoms with van der Waals surface area (Å²) in [4.78, 5) is 24.0. The molecule has 0 spiro atoms. The number of pyridine rings is 1. The molecule has 0 fully saturated rings. The summed E-state index contributed by atoms with van der Waals surface area (Å²) in [5.74, 6) is -0.865. The quantitative estimate of drug-likeness (QED) is 0.547. The molecule has 3 rings (SSSR count). The standard InChI is InChI=1S/C19H16ClFN4O3S/c20-16-8-15(4-5-17(16)21)29(27,28)25-12-14-10-23-19(24-11-14)18(26)6-3-13-2-1-7-22-9-13/h1-2,4-5,7-11,25H,3,6,12H2. The van der Waals surface area contributed by atoms with Crippen LogP contribution in [0.4, 0.5) is 4.39 Å². The molecule has 0 aliphatic rings. The largest absolute Gasteiger partial charge is 0.291 e. The van der Waals surface area contributed by atoms with Crippen LogP contribution < -0.4 is 4.72 Å². The van der Waals surface area contributed by atoms with E-state index in [-0.39, 0.29) is 34.5 Å². The average Bonchev–Trinajstić information content (AvgIpc) is 2.73. The Kier molecular flexibility index (Phi) is 6.63. The molecule has 29 heavy (non-hydrogen) atoms. The minimum atomic E-state index is -3.89. The van der Waals surface area contributed by atoms with Gasteiger partial charge >= 0.3 is 0 Å². The molecule has 2 heterocycles. The van der Waals surface area contributed by atoms with Gasteiger partial charge in [0.05, 0.1) is 9.92 Å². The fraction of sp³-hybridized carbons (Fsp3) is 0.158. The van der Waals surface area contributed by atoms with E-state index in [2.05, 4.69) is 19.7 Å². The summed E-state index contributed by atoms with van der Waals surface area (Å²) in [6.07, 6.45) is 6.87. The first-order valence-corrected chi connectivity index (χ1v) is 10.4. The van der Waals surface area contributed by atoms with Crippen molar-refractivity contribution >= 4 is 27.4 Å². The summed E-state index contributed by atoms with van der Waals surface area (Å²) >= 11 is 5.63. The summed E-state index contributed by atoms with van der Waals surface area (Å²) in [6, 6.07) is 6.80. The Hall–Kier alpha value is -2.75. The Balaban J connectivity index is 1.58. The molecule has 0 atom stereocenters. The van der Waals surface area contributed by atoms with Gasteiger partial charge in [-0.15, -0.1) is 0 Å². The smallest absolute Gasteiger partial charge is 0.240 e. The minimum Gasteiger partial charge on any atom is -0.291 e. The molecule has 2 aromatic heterocycles. The highest BCUT2D eigenvalue weighted by Crippen LogP contribution is 2.19. The molecule has 150 valence electrons. The minimum absolute atomic E-state index is 0.0609. The number of sulfonamides is 1. The SMILES string of the molecule is O=C(CCc1cccnc1)c1ncc(CNS(=O)(=O)c2ccc(F)c(Cl)c2)cn1. The molecule has 0 radical (unpaired) electrons. The molecule has 0 amide bonds. The maximum atomic E-state index is 13.2. The van der Waals surface area contributed by atoms with E-state index < -0.39 is 15.8 Å². The van der Waals surface area contributed by atoms with Gasteiger partial charge in [-0.05, 0) is 36.2 Å². The van der Waals surface area contributed by atoms with Gasteiger partial charge in [0.25, 0.3) is 0 Å². The third-order valence-corrected chi connectivity index (χ3v) is 5.67. The lowest BCUT2D eigenvalue weighted by atomic mass is 10.1. The van der Waals surface area contributed by atoms with Gasteiger partial charge < -0.3 is 0 Å². The molecule has 1 N–H and O–H groups in total. The van der Waals surface area contributed by atoms with E-state index in [0.717, 1.165) is 23.8 Å². The van der Waals surface area contributed by atoms with Crippen LogP contribution in [0.25, 0.3) is 0 Å². The average molecular weight is 435 g/mol. The molecule has 7 nitrogen and oxygen atoms in total. The molecule has 0 bridgehead atoms. The van der Waals surface area contributed by atoms with E-state index >= 15 is 0 Å². The summed E-state index contributed by atoms with van der Waals surface area (Å²) in [6.45, 7) is -0.0957. The van der Waals surface area contributed by atoms with E-state index in [1.807, 2.05) is 6.07 Å². The molecular formula is C19H16ClFN4O3S. The molecule has 0 saturated carbocycles. The number of hydrogen-bond donors (Lipinski definition) is 1. The van der Waals surface area contributed by atoms with Crippen molar-refractivity contribution in [3.63, 3.8) is 0 Å². The number of rotatable bonds is 8. The first-order chi connectivity index (χ1) is 13.8. The van der Waals surface area contributed by atoms with Gasteiger partial charge in [0, 0.05) is 43.3 Å². The van der Waals surface area contributed by atoms with Crippen molar-refractivity contribution in [1.29, 1.82) is 0 Å². The van der Waals surface area contributed by atoms with E-state index in [0.29, 0.717) is 12.0 Å². The first kappa shape index (κ1) is 21.0. The molecule has 0 aliphatic heterocycles. The Morgan fingerprint density at radius 2 is 1.86 bits per heavy atom. The van der Waals surface area contributed by atoms with Gasteiger partial charge in [-0.3, -0.25) is 9.78 Å². The van der Waals surface area contributed by atoms with Gasteiger partial charge in [-0.2, -0.15) is 0 Å². The highest BCUT2D eigenvalue weighted by Gasteiger charge is 2.16. The Bertz CT molecular complexity index is 1110. The third-order valence-electron chi connectivity index (χ3n) is 3.99. The maximum absolute atomic E-state index is 13.2. The van der Waals surface area contributed by atoms with Crippen LogP contribution in [0, 0.1) is 5.82 Å². The lowest BCUT2D eigenvalue weighted by Gasteiger charge is -2.07. The summed E-state index contributed by atoms with van der Waals surface area (Å²) in [5, 5.41) is -0.287. The fourth-order valence-corrected chi connectivity index (χ4v) is 3.70. The van der Waals surface area contributed by atoms with Crippen LogP contribution in [0.2, 0.25) is 5.02 Å². The maximum Gasteiger partial charge on any atom is 0.240 e. The van der Waals surface area contributed by atoms with Crippen LogP contribution >= 0.6 is 11.6 Å². The highest BCUT2D eigenvalue weighted by molar-refractivity contribution is 7.89. The van der Waals surface area contributed by atoms with Gasteiger partial charge in [0.2, 0.25) is 10.0 Å². The Morgan fingerprint density at radius 3 is 2.52 bits per heavy atom. The van der Waals surface area contributed by atoms with Crippen LogP contribution in [-0.4, -0.2) is 29.2 Å². The summed E-state index contributed by atoms with van der Waals surface area (Å²) < 4.78 is 40.1. The highest BCUT2D eigenvalue weighted by atomic mass is 35.5. The van der Waals surface area contributed by atoms with Crippen molar-refractivity contribution in [3.8, 4) is 0 Å². The monoisotopic (exact) mass is 434 g/mol. The molecule has 1 aromatic carbocycles. The number of nitrogens with one attached hydrogen (secondary N) is 1. The van der Waals surface area contributed by atoms with Gasteiger partial charge in [-0.1, -0.05) is 17.7 Å². The number of hydrogen-bond acceptors (Lipinski definition) is 6. The van der Waals surface area contributed by atoms with E-state index in [4.69, 9.17) is 11.6 Å². The normalized spacial score (nSPS) is 11.4. The second kappa shape index (κ2) is 9.17. The lowest BCUT2D eigenvalue weighted by molar-refractivity contribution is 0.0972. The van der Waals surface area contributed by atoms with Gasteiger partial charge in [0.15, 0.2) is 11.6 Å². The second-order valence-electron chi connectivity index (χ2n) is 6.10. The van der Waals surface area contributed by atoms with Crippen LogP contribution in [0.3, 0.4) is 0 Å². The molecule has 0 unspecified atom stereocenters. The molecule has 0 aliphatic carbocycles. The Morgan fingerprint density at radius 1 is 1.10 bits per heavy atom. The molecule has 0 saturated heterocycles. The zero-order valence-electron chi connectivity index (χ0n) is 15.0.